The molecule has 1 saturated heterocycles. The van der Waals surface area contributed by atoms with Crippen molar-refractivity contribution >= 4 is 21.8 Å². The summed E-state index contributed by atoms with van der Waals surface area (Å²) in [7, 11) is 0. The third-order valence-corrected chi connectivity index (χ3v) is 4.19. The van der Waals surface area contributed by atoms with E-state index in [1.165, 1.54) is 0 Å². The molecule has 0 spiro atoms. The lowest BCUT2D eigenvalue weighted by Gasteiger charge is -2.28. The van der Waals surface area contributed by atoms with Crippen LogP contribution in [0.15, 0.2) is 22.7 Å². The largest absolute Gasteiger partial charge is 0.492 e. The maximum Gasteiger partial charge on any atom is 0.249 e. The van der Waals surface area contributed by atoms with Crippen LogP contribution in [0, 0.1) is 0 Å². The lowest BCUT2D eigenvalue weighted by molar-refractivity contribution is -0.131. The van der Waals surface area contributed by atoms with Gasteiger partial charge in [-0.05, 0) is 34.8 Å². The molecule has 2 aliphatic rings. The van der Waals surface area contributed by atoms with E-state index < -0.39 is 0 Å². The fourth-order valence-corrected chi connectivity index (χ4v) is 3.08. The summed E-state index contributed by atoms with van der Waals surface area (Å²) >= 11 is 3.48. The molecule has 2 aliphatic heterocycles. The first-order valence-corrected chi connectivity index (χ1v) is 7.38. The third-order valence-electron chi connectivity index (χ3n) is 3.56. The van der Waals surface area contributed by atoms with Crippen LogP contribution in [-0.2, 0) is 9.53 Å². The van der Waals surface area contributed by atoms with Gasteiger partial charge in [-0.3, -0.25) is 4.79 Å². The molecule has 0 aliphatic carbocycles. The highest BCUT2D eigenvalue weighted by Gasteiger charge is 2.29. The highest BCUT2D eigenvalue weighted by Crippen LogP contribution is 2.37. The Morgan fingerprint density at radius 1 is 1.32 bits per heavy atom. The molecule has 5 heteroatoms. The number of hydrogen-bond acceptors (Lipinski definition) is 3. The van der Waals surface area contributed by atoms with Crippen molar-refractivity contribution in [3.63, 3.8) is 0 Å². The summed E-state index contributed by atoms with van der Waals surface area (Å²) in [6.45, 7) is 1.31. The van der Waals surface area contributed by atoms with Crippen molar-refractivity contribution in [2.45, 2.75) is 31.4 Å². The molecule has 0 bridgehead atoms. The molecule has 1 amide bonds. The van der Waals surface area contributed by atoms with Crippen molar-refractivity contribution < 1.29 is 14.3 Å². The van der Waals surface area contributed by atoms with Crippen LogP contribution in [0.1, 0.15) is 30.9 Å². The molecular weight excluding hydrogens is 310 g/mol. The maximum atomic E-state index is 12.1. The fraction of sp³-hybridized carbons (Fsp3) is 0.500. The Kier molecular flexibility index (Phi) is 3.75. The van der Waals surface area contributed by atoms with Gasteiger partial charge in [-0.2, -0.15) is 0 Å². The second kappa shape index (κ2) is 5.51. The molecule has 4 nitrogen and oxygen atoms in total. The Bertz CT molecular complexity index is 486. The van der Waals surface area contributed by atoms with Gasteiger partial charge in [0.2, 0.25) is 5.91 Å². The van der Waals surface area contributed by atoms with E-state index in [2.05, 4.69) is 21.2 Å². The summed E-state index contributed by atoms with van der Waals surface area (Å²) in [4.78, 5) is 12.1. The average molecular weight is 326 g/mol. The number of amides is 1. The standard InChI is InChI=1S/C14H16BrNO3/c15-10-4-1-3-9-11(6-8-19-13(9)10)16-14(17)12-5-2-7-18-12/h1,3-4,11-12H,2,5-8H2,(H,16,17)/t11-,12+/m1/s1. The lowest BCUT2D eigenvalue weighted by Crippen LogP contribution is -2.38. The minimum Gasteiger partial charge on any atom is -0.492 e. The normalized spacial score (nSPS) is 25.5. The monoisotopic (exact) mass is 325 g/mol. The number of hydrogen-bond donors (Lipinski definition) is 1. The fourth-order valence-electron chi connectivity index (χ4n) is 2.59. The van der Waals surface area contributed by atoms with Crippen LogP contribution in [0.3, 0.4) is 0 Å². The summed E-state index contributed by atoms with van der Waals surface area (Å²) in [6, 6.07) is 5.92. The molecule has 1 aromatic rings. The van der Waals surface area contributed by atoms with Crippen LogP contribution in [0.25, 0.3) is 0 Å². The second-order valence-electron chi connectivity index (χ2n) is 4.86. The lowest BCUT2D eigenvalue weighted by atomic mass is 10.00. The predicted octanol–water partition coefficient (Wildman–Crippen LogP) is 2.57. The highest BCUT2D eigenvalue weighted by atomic mass is 79.9. The molecule has 0 unspecified atom stereocenters. The molecule has 3 rings (SSSR count). The zero-order chi connectivity index (χ0) is 13.2. The number of ether oxygens (including phenoxy) is 2. The minimum atomic E-state index is -0.279. The molecule has 2 heterocycles. The Hall–Kier alpha value is -1.07. The van der Waals surface area contributed by atoms with Crippen LogP contribution < -0.4 is 10.1 Å². The van der Waals surface area contributed by atoms with E-state index in [0.717, 1.165) is 35.0 Å². The van der Waals surface area contributed by atoms with Gasteiger partial charge in [0.25, 0.3) is 0 Å². The van der Waals surface area contributed by atoms with Crippen LogP contribution in [0.5, 0.6) is 5.75 Å². The molecule has 1 fully saturated rings. The highest BCUT2D eigenvalue weighted by molar-refractivity contribution is 9.10. The summed E-state index contributed by atoms with van der Waals surface area (Å²) in [5.41, 5.74) is 1.03. The van der Waals surface area contributed by atoms with Crippen molar-refractivity contribution in [2.75, 3.05) is 13.2 Å². The summed E-state index contributed by atoms with van der Waals surface area (Å²) in [5.74, 6) is 0.835. The molecular formula is C14H16BrNO3. The van der Waals surface area contributed by atoms with Gasteiger partial charge in [0.1, 0.15) is 11.9 Å². The molecule has 0 radical (unpaired) electrons. The third kappa shape index (κ3) is 2.62. The number of halogens is 1. The maximum absolute atomic E-state index is 12.1. The van der Waals surface area contributed by atoms with E-state index in [1.54, 1.807) is 0 Å². The van der Waals surface area contributed by atoms with Crippen molar-refractivity contribution in [3.05, 3.63) is 28.2 Å². The van der Waals surface area contributed by atoms with Gasteiger partial charge in [-0.1, -0.05) is 12.1 Å². The number of para-hydroxylation sites is 1. The number of carbonyl (C=O) groups excluding carboxylic acids is 1. The van der Waals surface area contributed by atoms with E-state index in [9.17, 15) is 4.79 Å². The van der Waals surface area contributed by atoms with Crippen molar-refractivity contribution in [1.82, 2.24) is 5.32 Å². The predicted molar refractivity (Wildman–Crippen MR) is 74.1 cm³/mol. The van der Waals surface area contributed by atoms with Gasteiger partial charge < -0.3 is 14.8 Å². The molecule has 0 aromatic heterocycles. The van der Waals surface area contributed by atoms with E-state index >= 15 is 0 Å². The number of benzene rings is 1. The van der Waals surface area contributed by atoms with Gasteiger partial charge in [0.15, 0.2) is 0 Å². The SMILES string of the molecule is O=C(N[C@@H]1CCOc2c(Br)cccc21)[C@@H]1CCCO1. The average Bonchev–Trinajstić information content (AvgIpc) is 2.94. The molecule has 0 saturated carbocycles. The molecule has 2 atom stereocenters. The summed E-state index contributed by atoms with van der Waals surface area (Å²) in [6.07, 6.45) is 2.30. The van der Waals surface area contributed by atoms with E-state index in [0.29, 0.717) is 13.2 Å². The van der Waals surface area contributed by atoms with Gasteiger partial charge in [-0.15, -0.1) is 0 Å². The van der Waals surface area contributed by atoms with Crippen LogP contribution in [0.4, 0.5) is 0 Å². The van der Waals surface area contributed by atoms with Crippen molar-refractivity contribution in [1.29, 1.82) is 0 Å². The van der Waals surface area contributed by atoms with E-state index in [4.69, 9.17) is 9.47 Å². The van der Waals surface area contributed by atoms with Gasteiger partial charge in [0.05, 0.1) is 17.1 Å². The van der Waals surface area contributed by atoms with Crippen LogP contribution >= 0.6 is 15.9 Å². The second-order valence-corrected chi connectivity index (χ2v) is 5.71. The Labute approximate surface area is 120 Å². The van der Waals surface area contributed by atoms with Gasteiger partial charge in [-0.25, -0.2) is 0 Å². The topological polar surface area (TPSA) is 47.6 Å². The molecule has 1 aromatic carbocycles. The first-order valence-electron chi connectivity index (χ1n) is 6.59. The van der Waals surface area contributed by atoms with E-state index in [-0.39, 0.29) is 18.1 Å². The number of fused-ring (bicyclic) bond motifs is 1. The molecule has 19 heavy (non-hydrogen) atoms. The number of carbonyl (C=O) groups is 1. The minimum absolute atomic E-state index is 0.00433. The van der Waals surface area contributed by atoms with Gasteiger partial charge in [0, 0.05) is 18.6 Å². The summed E-state index contributed by atoms with van der Waals surface area (Å²) < 4.78 is 12.0. The first kappa shape index (κ1) is 12.9. The zero-order valence-electron chi connectivity index (χ0n) is 10.5. The van der Waals surface area contributed by atoms with Gasteiger partial charge >= 0.3 is 0 Å². The Morgan fingerprint density at radius 2 is 2.21 bits per heavy atom. The summed E-state index contributed by atoms with van der Waals surface area (Å²) in [5, 5.41) is 3.08. The van der Waals surface area contributed by atoms with Crippen molar-refractivity contribution in [2.24, 2.45) is 0 Å². The molecule has 102 valence electrons. The quantitative estimate of drug-likeness (QED) is 0.909. The molecule has 1 N–H and O–H groups in total. The number of rotatable bonds is 2. The Morgan fingerprint density at radius 3 is 3.00 bits per heavy atom. The number of nitrogens with one attached hydrogen (secondary N) is 1. The first-order chi connectivity index (χ1) is 9.25. The zero-order valence-corrected chi connectivity index (χ0v) is 12.1. The smallest absolute Gasteiger partial charge is 0.249 e. The van der Waals surface area contributed by atoms with E-state index in [1.807, 2.05) is 18.2 Å². The van der Waals surface area contributed by atoms with Crippen molar-refractivity contribution in [3.8, 4) is 5.75 Å². The van der Waals surface area contributed by atoms with Crippen LogP contribution in [0.2, 0.25) is 0 Å². The Balaban J connectivity index is 1.76. The van der Waals surface area contributed by atoms with Crippen LogP contribution in [-0.4, -0.2) is 25.2 Å².